The number of imidazole rings is 1. The van der Waals surface area contributed by atoms with Crippen molar-refractivity contribution in [2.75, 3.05) is 20.8 Å². The van der Waals surface area contributed by atoms with Crippen molar-refractivity contribution in [2.24, 2.45) is 0 Å². The molecule has 0 bridgehead atoms. The smallest absolute Gasteiger partial charge is 0.255 e. The van der Waals surface area contributed by atoms with Gasteiger partial charge < -0.3 is 18.9 Å². The molecule has 1 aromatic carbocycles. The predicted molar refractivity (Wildman–Crippen MR) is 108 cm³/mol. The summed E-state index contributed by atoms with van der Waals surface area (Å²) in [6.45, 7) is 7.06. The van der Waals surface area contributed by atoms with Gasteiger partial charge in [0.1, 0.15) is 5.52 Å². The monoisotopic (exact) mass is 382 g/mol. The first-order chi connectivity index (χ1) is 13.5. The molecule has 3 rings (SSSR count). The van der Waals surface area contributed by atoms with Crippen LogP contribution in [0.25, 0.3) is 11.2 Å². The number of hydrogen-bond acceptors (Lipinski definition) is 5. The van der Waals surface area contributed by atoms with Crippen LogP contribution in [-0.2, 0) is 6.54 Å². The number of amides is 1. The van der Waals surface area contributed by atoms with Gasteiger partial charge in [0.2, 0.25) is 0 Å². The number of carbonyl (C=O) groups excluding carboxylic acids is 1. The van der Waals surface area contributed by atoms with Gasteiger partial charge in [-0.2, -0.15) is 0 Å². The van der Waals surface area contributed by atoms with Gasteiger partial charge in [0.15, 0.2) is 17.1 Å². The molecule has 7 heteroatoms. The lowest BCUT2D eigenvalue weighted by atomic mass is 10.1. The second-order valence-corrected chi connectivity index (χ2v) is 6.78. The Balaban J connectivity index is 1.89. The molecule has 0 saturated heterocycles. The Morgan fingerprint density at radius 1 is 1.21 bits per heavy atom. The van der Waals surface area contributed by atoms with E-state index in [1.165, 1.54) is 0 Å². The van der Waals surface area contributed by atoms with Gasteiger partial charge >= 0.3 is 0 Å². The highest BCUT2D eigenvalue weighted by Crippen LogP contribution is 2.31. The number of pyridine rings is 1. The number of ether oxygens (including phenoxy) is 2. The van der Waals surface area contributed by atoms with E-state index >= 15 is 0 Å². The second kappa shape index (κ2) is 8.29. The highest BCUT2D eigenvalue weighted by Gasteiger charge is 2.20. The van der Waals surface area contributed by atoms with Crippen LogP contribution in [0.2, 0.25) is 0 Å². The number of para-hydroxylation sites is 1. The Kier molecular flexibility index (Phi) is 5.82. The third-order valence-electron chi connectivity index (χ3n) is 4.73. The van der Waals surface area contributed by atoms with E-state index < -0.39 is 0 Å². The summed E-state index contributed by atoms with van der Waals surface area (Å²) in [6.07, 6.45) is 3.38. The summed E-state index contributed by atoms with van der Waals surface area (Å²) in [6, 6.07) is 7.72. The zero-order chi connectivity index (χ0) is 20.3. The van der Waals surface area contributed by atoms with Crippen LogP contribution >= 0.6 is 0 Å². The van der Waals surface area contributed by atoms with Crippen LogP contribution in [0.3, 0.4) is 0 Å². The van der Waals surface area contributed by atoms with Gasteiger partial charge in [0.05, 0.1) is 26.1 Å². The highest BCUT2D eigenvalue weighted by molar-refractivity contribution is 5.96. The molecular formula is C21H26N4O3. The number of carbonyl (C=O) groups is 1. The van der Waals surface area contributed by atoms with E-state index in [9.17, 15) is 4.79 Å². The molecule has 2 aromatic heterocycles. The fourth-order valence-corrected chi connectivity index (χ4v) is 3.21. The molecule has 0 radical (unpaired) electrons. The lowest BCUT2D eigenvalue weighted by molar-refractivity contribution is 0.0751. The number of fused-ring (bicyclic) bond motifs is 1. The van der Waals surface area contributed by atoms with E-state index in [-0.39, 0.29) is 11.9 Å². The van der Waals surface area contributed by atoms with Gasteiger partial charge in [-0.05, 0) is 32.9 Å². The molecule has 0 aliphatic carbocycles. The average molecular weight is 382 g/mol. The minimum atomic E-state index is -0.0964. The number of aromatic nitrogens is 3. The predicted octanol–water partition coefficient (Wildman–Crippen LogP) is 3.69. The van der Waals surface area contributed by atoms with E-state index in [4.69, 9.17) is 9.47 Å². The summed E-state index contributed by atoms with van der Waals surface area (Å²) in [7, 11) is 3.20. The molecule has 0 N–H and O–H groups in total. The van der Waals surface area contributed by atoms with E-state index in [0.29, 0.717) is 30.2 Å². The maximum Gasteiger partial charge on any atom is 0.255 e. The van der Waals surface area contributed by atoms with Crippen molar-refractivity contribution >= 4 is 17.1 Å². The number of benzene rings is 1. The van der Waals surface area contributed by atoms with Gasteiger partial charge in [0.25, 0.3) is 5.91 Å². The third-order valence-corrected chi connectivity index (χ3v) is 4.73. The van der Waals surface area contributed by atoms with Crippen molar-refractivity contribution in [3.8, 4) is 11.5 Å². The molecule has 1 amide bonds. The summed E-state index contributed by atoms with van der Waals surface area (Å²) in [5.41, 5.74) is 2.90. The molecule has 7 nitrogen and oxygen atoms in total. The first kappa shape index (κ1) is 19.7. The van der Waals surface area contributed by atoms with Crippen LogP contribution in [0, 0.1) is 0 Å². The maximum absolute atomic E-state index is 13.1. The lowest BCUT2D eigenvalue weighted by Crippen LogP contribution is -2.30. The normalized spacial score (nSPS) is 11.1. The zero-order valence-electron chi connectivity index (χ0n) is 17.0. The number of rotatable bonds is 7. The van der Waals surface area contributed by atoms with Gasteiger partial charge in [-0.25, -0.2) is 9.97 Å². The average Bonchev–Trinajstić information content (AvgIpc) is 3.14. The molecule has 0 unspecified atom stereocenters. The number of hydrogen-bond donors (Lipinski definition) is 0. The Morgan fingerprint density at radius 3 is 2.64 bits per heavy atom. The summed E-state index contributed by atoms with van der Waals surface area (Å²) < 4.78 is 12.8. The maximum atomic E-state index is 13.1. The van der Waals surface area contributed by atoms with E-state index in [0.717, 1.165) is 16.7 Å². The van der Waals surface area contributed by atoms with Gasteiger partial charge in [-0.15, -0.1) is 0 Å². The molecule has 148 valence electrons. The SMILES string of the molecule is CCN(Cc1cccc(OC)c1OC)C(=O)c1cnc2c(c1)ncn2C(C)C. The largest absolute Gasteiger partial charge is 0.493 e. The van der Waals surface area contributed by atoms with Gasteiger partial charge in [0, 0.05) is 30.9 Å². The quantitative estimate of drug-likeness (QED) is 0.623. The molecule has 0 aliphatic rings. The second-order valence-electron chi connectivity index (χ2n) is 6.78. The molecule has 0 aliphatic heterocycles. The van der Waals surface area contributed by atoms with E-state index in [2.05, 4.69) is 23.8 Å². The Morgan fingerprint density at radius 2 is 2.00 bits per heavy atom. The summed E-state index contributed by atoms with van der Waals surface area (Å²) in [5, 5.41) is 0. The fraction of sp³-hybridized carbons (Fsp3) is 0.381. The van der Waals surface area contributed by atoms with Crippen LogP contribution in [0.1, 0.15) is 42.7 Å². The Bertz CT molecular complexity index is 981. The molecule has 2 heterocycles. The molecule has 28 heavy (non-hydrogen) atoms. The molecule has 0 fully saturated rings. The Labute approximate surface area is 164 Å². The molecular weight excluding hydrogens is 356 g/mol. The molecule has 0 spiro atoms. The van der Waals surface area contributed by atoms with Crippen LogP contribution in [0.15, 0.2) is 36.8 Å². The van der Waals surface area contributed by atoms with E-state index in [1.807, 2.05) is 29.7 Å². The van der Waals surface area contributed by atoms with Crippen LogP contribution in [-0.4, -0.2) is 46.1 Å². The van der Waals surface area contributed by atoms with Gasteiger partial charge in [-0.3, -0.25) is 4.79 Å². The van der Waals surface area contributed by atoms with Gasteiger partial charge in [-0.1, -0.05) is 12.1 Å². The first-order valence-electron chi connectivity index (χ1n) is 9.31. The number of methoxy groups -OCH3 is 2. The topological polar surface area (TPSA) is 69.5 Å². The van der Waals surface area contributed by atoms with Crippen molar-refractivity contribution in [1.82, 2.24) is 19.4 Å². The fourth-order valence-electron chi connectivity index (χ4n) is 3.21. The van der Waals surface area contributed by atoms with Crippen LogP contribution < -0.4 is 9.47 Å². The minimum absolute atomic E-state index is 0.0964. The minimum Gasteiger partial charge on any atom is -0.493 e. The van der Waals surface area contributed by atoms with Crippen molar-refractivity contribution in [3.63, 3.8) is 0 Å². The summed E-state index contributed by atoms with van der Waals surface area (Å²) >= 11 is 0. The first-order valence-corrected chi connectivity index (χ1v) is 9.31. The molecule has 0 atom stereocenters. The highest BCUT2D eigenvalue weighted by atomic mass is 16.5. The number of nitrogens with zero attached hydrogens (tertiary/aromatic N) is 4. The molecule has 3 aromatic rings. The van der Waals surface area contributed by atoms with Crippen molar-refractivity contribution in [3.05, 3.63) is 47.9 Å². The van der Waals surface area contributed by atoms with Crippen molar-refractivity contribution in [1.29, 1.82) is 0 Å². The van der Waals surface area contributed by atoms with Crippen molar-refractivity contribution in [2.45, 2.75) is 33.4 Å². The zero-order valence-corrected chi connectivity index (χ0v) is 17.0. The van der Waals surface area contributed by atoms with Crippen LogP contribution in [0.4, 0.5) is 0 Å². The van der Waals surface area contributed by atoms with Crippen molar-refractivity contribution < 1.29 is 14.3 Å². The van der Waals surface area contributed by atoms with E-state index in [1.54, 1.807) is 37.7 Å². The summed E-state index contributed by atoms with van der Waals surface area (Å²) in [4.78, 5) is 23.7. The lowest BCUT2D eigenvalue weighted by Gasteiger charge is -2.23. The third kappa shape index (κ3) is 3.65. The Hall–Kier alpha value is -3.09. The standard InChI is InChI=1S/C21H26N4O3/c1-6-24(12-15-8-7-9-18(27-4)19(15)28-5)21(26)16-10-17-20(22-11-16)25(13-23-17)14(2)3/h7-11,13-14H,6,12H2,1-5H3. The van der Waals surface area contributed by atoms with Crippen LogP contribution in [0.5, 0.6) is 11.5 Å². The molecule has 0 saturated carbocycles. The summed E-state index contributed by atoms with van der Waals surface area (Å²) in [5.74, 6) is 1.19.